The number of aliphatic hydroxyl groups is 1. The minimum atomic E-state index is -0.445. The van der Waals surface area contributed by atoms with E-state index >= 15 is 0 Å². The average molecular weight is 235 g/mol. The maximum Gasteiger partial charge on any atom is 0.122 e. The molecule has 0 heterocycles. The molecule has 1 aromatic rings. The summed E-state index contributed by atoms with van der Waals surface area (Å²) in [5.41, 5.74) is 2.76. The van der Waals surface area contributed by atoms with Gasteiger partial charge in [0.05, 0.1) is 0 Å². The molecule has 0 saturated carbocycles. The van der Waals surface area contributed by atoms with Crippen molar-refractivity contribution in [3.05, 3.63) is 29.3 Å². The van der Waals surface area contributed by atoms with Crippen molar-refractivity contribution in [1.82, 2.24) is 5.32 Å². The van der Waals surface area contributed by atoms with Gasteiger partial charge in [-0.2, -0.15) is 0 Å². The van der Waals surface area contributed by atoms with Crippen LogP contribution in [0.25, 0.3) is 0 Å². The molecule has 1 unspecified atom stereocenters. The smallest absolute Gasteiger partial charge is 0.122 e. The Bertz CT molecular complexity index is 365. The molecule has 1 aromatic carbocycles. The lowest BCUT2D eigenvalue weighted by Crippen LogP contribution is -2.29. The van der Waals surface area contributed by atoms with Gasteiger partial charge in [0.25, 0.3) is 0 Å². The van der Waals surface area contributed by atoms with Crippen molar-refractivity contribution in [3.8, 4) is 5.75 Å². The summed E-state index contributed by atoms with van der Waals surface area (Å²) in [5.74, 6) is 0.956. The second-order valence-corrected chi connectivity index (χ2v) is 4.62. The van der Waals surface area contributed by atoms with E-state index in [0.717, 1.165) is 18.6 Å². The van der Waals surface area contributed by atoms with Gasteiger partial charge in [0, 0.05) is 6.54 Å². The summed E-state index contributed by atoms with van der Waals surface area (Å²) in [5, 5.41) is 12.6. The summed E-state index contributed by atoms with van der Waals surface area (Å²) in [6.45, 7) is 0.923. The molecule has 2 N–H and O–H groups in total. The summed E-state index contributed by atoms with van der Waals surface area (Å²) in [6.07, 6.45) is 4.34. The van der Waals surface area contributed by atoms with Gasteiger partial charge in [0.1, 0.15) is 18.5 Å². The van der Waals surface area contributed by atoms with Crippen molar-refractivity contribution >= 4 is 0 Å². The molecule has 0 saturated heterocycles. The molecule has 17 heavy (non-hydrogen) atoms. The standard InChI is InChI=1S/C14H21NO2/c1-15-9-12(16)10-17-14-8-4-6-11-5-2-3-7-13(11)14/h4,6,8,12,15-16H,2-3,5,7,9-10H2,1H3. The topological polar surface area (TPSA) is 41.5 Å². The number of benzene rings is 1. The van der Waals surface area contributed by atoms with Crippen LogP contribution < -0.4 is 10.1 Å². The van der Waals surface area contributed by atoms with Crippen LogP contribution in [0.3, 0.4) is 0 Å². The second kappa shape index (κ2) is 6.03. The molecule has 94 valence electrons. The quantitative estimate of drug-likeness (QED) is 0.813. The van der Waals surface area contributed by atoms with Gasteiger partial charge in [0.2, 0.25) is 0 Å². The van der Waals surface area contributed by atoms with E-state index in [1.54, 1.807) is 0 Å². The minimum Gasteiger partial charge on any atom is -0.491 e. The first-order chi connectivity index (χ1) is 8.31. The number of fused-ring (bicyclic) bond motifs is 1. The Hall–Kier alpha value is -1.06. The van der Waals surface area contributed by atoms with Gasteiger partial charge in [-0.1, -0.05) is 12.1 Å². The van der Waals surface area contributed by atoms with Gasteiger partial charge < -0.3 is 15.2 Å². The van der Waals surface area contributed by atoms with Crippen LogP contribution in [0.2, 0.25) is 0 Å². The fraction of sp³-hybridized carbons (Fsp3) is 0.571. The van der Waals surface area contributed by atoms with Crippen LogP contribution in [-0.4, -0.2) is 31.4 Å². The number of aliphatic hydroxyl groups excluding tert-OH is 1. The van der Waals surface area contributed by atoms with E-state index in [1.165, 1.54) is 24.0 Å². The van der Waals surface area contributed by atoms with E-state index in [9.17, 15) is 5.11 Å². The van der Waals surface area contributed by atoms with Crippen LogP contribution >= 0.6 is 0 Å². The maximum atomic E-state index is 9.63. The van der Waals surface area contributed by atoms with Crippen molar-refractivity contribution in [3.63, 3.8) is 0 Å². The predicted molar refractivity (Wildman–Crippen MR) is 68.5 cm³/mol. The lowest BCUT2D eigenvalue weighted by molar-refractivity contribution is 0.107. The van der Waals surface area contributed by atoms with Gasteiger partial charge in [-0.25, -0.2) is 0 Å². The molecule has 0 amide bonds. The fourth-order valence-electron chi connectivity index (χ4n) is 2.36. The van der Waals surface area contributed by atoms with Gasteiger partial charge in [-0.05, 0) is 49.9 Å². The molecule has 0 fully saturated rings. The van der Waals surface area contributed by atoms with E-state index in [4.69, 9.17) is 4.74 Å². The zero-order valence-electron chi connectivity index (χ0n) is 10.4. The molecule has 1 aliphatic rings. The van der Waals surface area contributed by atoms with Crippen LogP contribution in [-0.2, 0) is 12.8 Å². The molecule has 3 heteroatoms. The number of likely N-dealkylation sites (N-methyl/N-ethyl adjacent to an activating group) is 1. The van der Waals surface area contributed by atoms with E-state index in [2.05, 4.69) is 11.4 Å². The summed E-state index contributed by atoms with van der Waals surface area (Å²) in [7, 11) is 1.83. The van der Waals surface area contributed by atoms with Gasteiger partial charge >= 0.3 is 0 Å². The Morgan fingerprint density at radius 3 is 3.00 bits per heavy atom. The number of nitrogens with one attached hydrogen (secondary N) is 1. The fourth-order valence-corrected chi connectivity index (χ4v) is 2.36. The van der Waals surface area contributed by atoms with E-state index in [0.29, 0.717) is 13.2 Å². The van der Waals surface area contributed by atoms with Gasteiger partial charge in [0.15, 0.2) is 0 Å². The third kappa shape index (κ3) is 3.20. The second-order valence-electron chi connectivity index (χ2n) is 4.62. The highest BCUT2D eigenvalue weighted by atomic mass is 16.5. The Balaban J connectivity index is 2.01. The molecule has 0 aliphatic heterocycles. The molecule has 0 bridgehead atoms. The highest BCUT2D eigenvalue weighted by Gasteiger charge is 2.14. The summed E-state index contributed by atoms with van der Waals surface area (Å²) < 4.78 is 5.73. The van der Waals surface area contributed by atoms with Crippen molar-refractivity contribution in [1.29, 1.82) is 0 Å². The molecule has 1 atom stereocenters. The number of hydrogen-bond donors (Lipinski definition) is 2. The normalized spacial score (nSPS) is 16.4. The maximum absolute atomic E-state index is 9.63. The van der Waals surface area contributed by atoms with Gasteiger partial charge in [-0.15, -0.1) is 0 Å². The van der Waals surface area contributed by atoms with Crippen LogP contribution in [0, 0.1) is 0 Å². The molecular weight excluding hydrogens is 214 g/mol. The largest absolute Gasteiger partial charge is 0.491 e. The van der Waals surface area contributed by atoms with Crippen molar-refractivity contribution in [2.24, 2.45) is 0 Å². The molecule has 1 aliphatic carbocycles. The molecule has 0 aromatic heterocycles. The lowest BCUT2D eigenvalue weighted by atomic mass is 9.91. The van der Waals surface area contributed by atoms with Gasteiger partial charge in [-0.3, -0.25) is 0 Å². The third-order valence-corrected chi connectivity index (χ3v) is 3.22. The van der Waals surface area contributed by atoms with Crippen LogP contribution in [0.5, 0.6) is 5.75 Å². The van der Waals surface area contributed by atoms with Crippen molar-refractivity contribution in [2.75, 3.05) is 20.2 Å². The van der Waals surface area contributed by atoms with Crippen molar-refractivity contribution < 1.29 is 9.84 Å². The highest BCUT2D eigenvalue weighted by Crippen LogP contribution is 2.29. The zero-order valence-corrected chi connectivity index (χ0v) is 10.4. The van der Waals surface area contributed by atoms with E-state index in [1.807, 2.05) is 19.2 Å². The lowest BCUT2D eigenvalue weighted by Gasteiger charge is -2.20. The molecule has 0 radical (unpaired) electrons. The summed E-state index contributed by atoms with van der Waals surface area (Å²) in [6, 6.07) is 6.24. The zero-order chi connectivity index (χ0) is 12.1. The SMILES string of the molecule is CNCC(O)COc1cccc2c1CCCC2. The number of rotatable bonds is 5. The number of hydrogen-bond acceptors (Lipinski definition) is 3. The average Bonchev–Trinajstić information content (AvgIpc) is 2.36. The molecule has 2 rings (SSSR count). The third-order valence-electron chi connectivity index (χ3n) is 3.22. The Labute approximate surface area is 103 Å². The van der Waals surface area contributed by atoms with Crippen LogP contribution in [0.4, 0.5) is 0 Å². The molecule has 3 nitrogen and oxygen atoms in total. The minimum absolute atomic E-state index is 0.358. The van der Waals surface area contributed by atoms with Crippen molar-refractivity contribution in [2.45, 2.75) is 31.8 Å². The van der Waals surface area contributed by atoms with E-state index in [-0.39, 0.29) is 0 Å². The summed E-state index contributed by atoms with van der Waals surface area (Å²) >= 11 is 0. The Morgan fingerprint density at radius 1 is 1.35 bits per heavy atom. The van der Waals surface area contributed by atoms with Crippen LogP contribution in [0.1, 0.15) is 24.0 Å². The Kier molecular flexibility index (Phi) is 4.40. The molecular formula is C14H21NO2. The van der Waals surface area contributed by atoms with Crippen LogP contribution in [0.15, 0.2) is 18.2 Å². The number of ether oxygens (including phenoxy) is 1. The Morgan fingerprint density at radius 2 is 2.18 bits per heavy atom. The molecule has 0 spiro atoms. The first kappa shape index (κ1) is 12.4. The summed E-state index contributed by atoms with van der Waals surface area (Å²) in [4.78, 5) is 0. The predicted octanol–water partition coefficient (Wildman–Crippen LogP) is 1.52. The first-order valence-corrected chi connectivity index (χ1v) is 6.37. The highest BCUT2D eigenvalue weighted by molar-refractivity contribution is 5.41. The first-order valence-electron chi connectivity index (χ1n) is 6.37. The number of aryl methyl sites for hydroxylation is 1. The monoisotopic (exact) mass is 235 g/mol. The van der Waals surface area contributed by atoms with E-state index < -0.39 is 6.10 Å².